The van der Waals surface area contributed by atoms with E-state index in [-0.39, 0.29) is 28.3 Å². The average molecular weight is 497 g/mol. The number of carbonyl (C=O) groups is 1. The molecule has 1 fully saturated rings. The topological polar surface area (TPSA) is 81.9 Å². The number of thiocarbonyl (C=S) groups is 1. The zero-order valence-corrected chi connectivity index (χ0v) is 19.4. The Kier molecular flexibility index (Phi) is 6.90. The molecule has 0 radical (unpaired) electrons. The number of nitrogens with zero attached hydrogens (tertiary/aromatic N) is 2. The smallest absolute Gasteiger partial charge is 0.271 e. The molecule has 0 atom stereocenters. The zero-order valence-electron chi connectivity index (χ0n) is 17.8. The van der Waals surface area contributed by atoms with Crippen molar-refractivity contribution in [3.05, 3.63) is 98.7 Å². The maximum Gasteiger partial charge on any atom is 0.271 e. The average Bonchev–Trinajstić information content (AvgIpc) is 3.11. The lowest BCUT2D eigenvalue weighted by Crippen LogP contribution is -2.27. The van der Waals surface area contributed by atoms with Crippen LogP contribution in [-0.4, -0.2) is 22.3 Å². The maximum absolute atomic E-state index is 13.1. The second-order valence-electron chi connectivity index (χ2n) is 7.12. The van der Waals surface area contributed by atoms with Crippen molar-refractivity contribution in [3.63, 3.8) is 0 Å². The Labute approximate surface area is 203 Å². The van der Waals surface area contributed by atoms with Crippen LogP contribution in [0, 0.1) is 15.9 Å². The number of ether oxygens (including phenoxy) is 2. The Balaban J connectivity index is 1.53. The lowest BCUT2D eigenvalue weighted by molar-refractivity contribution is -0.384. The largest absolute Gasteiger partial charge is 0.493 e. The van der Waals surface area contributed by atoms with Gasteiger partial charge in [0.1, 0.15) is 12.4 Å². The molecule has 0 N–H and O–H groups in total. The fourth-order valence-electron chi connectivity index (χ4n) is 3.22. The number of nitro benzene ring substituents is 1. The van der Waals surface area contributed by atoms with Gasteiger partial charge in [0.05, 0.1) is 22.6 Å². The Hall–Kier alpha value is -3.76. The van der Waals surface area contributed by atoms with Gasteiger partial charge in [0.2, 0.25) is 0 Å². The number of thioether (sulfide) groups is 1. The van der Waals surface area contributed by atoms with E-state index in [4.69, 9.17) is 21.7 Å². The summed E-state index contributed by atoms with van der Waals surface area (Å²) in [6.07, 6.45) is 1.67. The predicted molar refractivity (Wildman–Crippen MR) is 132 cm³/mol. The minimum Gasteiger partial charge on any atom is -0.493 e. The van der Waals surface area contributed by atoms with Gasteiger partial charge in [-0.1, -0.05) is 48.2 Å². The van der Waals surface area contributed by atoms with E-state index in [0.717, 1.165) is 17.3 Å². The second-order valence-corrected chi connectivity index (χ2v) is 8.80. The molecule has 10 heteroatoms. The highest BCUT2D eigenvalue weighted by Gasteiger charge is 2.34. The van der Waals surface area contributed by atoms with Crippen molar-refractivity contribution in [2.75, 3.05) is 12.0 Å². The zero-order chi connectivity index (χ0) is 24.2. The first-order chi connectivity index (χ1) is 16.4. The van der Waals surface area contributed by atoms with Crippen LogP contribution in [0.1, 0.15) is 11.1 Å². The third-order valence-corrected chi connectivity index (χ3v) is 6.19. The van der Waals surface area contributed by atoms with Crippen molar-refractivity contribution in [2.24, 2.45) is 0 Å². The molecule has 0 aromatic heterocycles. The van der Waals surface area contributed by atoms with E-state index in [1.54, 1.807) is 42.5 Å². The molecule has 1 saturated heterocycles. The second kappa shape index (κ2) is 10.0. The first kappa shape index (κ1) is 23.4. The van der Waals surface area contributed by atoms with Crippen molar-refractivity contribution >= 4 is 51.7 Å². The summed E-state index contributed by atoms with van der Waals surface area (Å²) >= 11 is 6.46. The summed E-state index contributed by atoms with van der Waals surface area (Å²) < 4.78 is 24.6. The minimum atomic E-state index is -0.525. The number of methoxy groups -OCH3 is 1. The van der Waals surface area contributed by atoms with Crippen LogP contribution in [0.2, 0.25) is 0 Å². The molecule has 3 aromatic carbocycles. The van der Waals surface area contributed by atoms with Crippen LogP contribution < -0.4 is 14.4 Å². The number of hydrogen-bond acceptors (Lipinski definition) is 7. The first-order valence-electron chi connectivity index (χ1n) is 9.93. The van der Waals surface area contributed by atoms with Gasteiger partial charge in [0.25, 0.3) is 11.6 Å². The molecule has 7 nitrogen and oxygen atoms in total. The van der Waals surface area contributed by atoms with Gasteiger partial charge < -0.3 is 9.47 Å². The first-order valence-corrected chi connectivity index (χ1v) is 11.2. The van der Waals surface area contributed by atoms with Gasteiger partial charge in [-0.25, -0.2) is 4.39 Å². The van der Waals surface area contributed by atoms with Crippen molar-refractivity contribution in [1.29, 1.82) is 0 Å². The van der Waals surface area contributed by atoms with Gasteiger partial charge >= 0.3 is 0 Å². The van der Waals surface area contributed by atoms with E-state index in [0.29, 0.717) is 27.7 Å². The molecule has 4 rings (SSSR count). The Bertz CT molecular complexity index is 1310. The van der Waals surface area contributed by atoms with Crippen LogP contribution in [0.5, 0.6) is 11.5 Å². The van der Waals surface area contributed by atoms with Gasteiger partial charge in [0, 0.05) is 12.1 Å². The summed E-state index contributed by atoms with van der Waals surface area (Å²) in [7, 11) is 1.51. The molecule has 3 aromatic rings. The lowest BCUT2D eigenvalue weighted by Gasteiger charge is -2.14. The fraction of sp³-hybridized carbons (Fsp3) is 0.0833. The number of anilines is 1. The van der Waals surface area contributed by atoms with Gasteiger partial charge in [-0.2, -0.15) is 0 Å². The highest BCUT2D eigenvalue weighted by atomic mass is 32.2. The van der Waals surface area contributed by atoms with Crippen LogP contribution >= 0.6 is 24.0 Å². The van der Waals surface area contributed by atoms with Crippen molar-refractivity contribution in [3.8, 4) is 11.5 Å². The third-order valence-electron chi connectivity index (χ3n) is 4.89. The number of rotatable bonds is 7. The summed E-state index contributed by atoms with van der Waals surface area (Å²) in [6, 6.07) is 17.0. The molecule has 0 saturated carbocycles. The van der Waals surface area contributed by atoms with E-state index in [1.165, 1.54) is 42.3 Å². The highest BCUT2D eigenvalue weighted by molar-refractivity contribution is 8.27. The quantitative estimate of drug-likeness (QED) is 0.179. The van der Waals surface area contributed by atoms with E-state index >= 15 is 0 Å². The third kappa shape index (κ3) is 5.08. The number of amides is 1. The number of nitro groups is 1. The Morgan fingerprint density at radius 3 is 2.59 bits per heavy atom. The SMILES string of the molecule is COc1cc(/C=C2/SC(=S)N(c3cccc([N+](=O)[O-])c3)C2=O)ccc1OCc1ccc(F)cc1. The number of carbonyl (C=O) groups excluding carboxylic acids is 1. The molecule has 1 aliphatic rings. The molecular formula is C24H17FN2O5S2. The summed E-state index contributed by atoms with van der Waals surface area (Å²) in [4.78, 5) is 25.2. The van der Waals surface area contributed by atoms with E-state index in [9.17, 15) is 19.3 Å². The molecule has 0 aliphatic carbocycles. The molecule has 1 aliphatic heterocycles. The molecule has 0 unspecified atom stereocenters. The molecule has 172 valence electrons. The summed E-state index contributed by atoms with van der Waals surface area (Å²) in [5, 5.41) is 11.1. The van der Waals surface area contributed by atoms with Crippen LogP contribution in [0.3, 0.4) is 0 Å². The van der Waals surface area contributed by atoms with Crippen molar-refractivity contribution < 1.29 is 23.6 Å². The van der Waals surface area contributed by atoms with Crippen LogP contribution in [0.4, 0.5) is 15.8 Å². The minimum absolute atomic E-state index is 0.128. The fourth-order valence-corrected chi connectivity index (χ4v) is 4.52. The number of non-ortho nitro benzene ring substituents is 1. The molecule has 0 bridgehead atoms. The van der Waals surface area contributed by atoms with E-state index < -0.39 is 4.92 Å². The molecule has 0 spiro atoms. The normalized spacial score (nSPS) is 14.5. The van der Waals surface area contributed by atoms with E-state index in [1.807, 2.05) is 0 Å². The summed E-state index contributed by atoms with van der Waals surface area (Å²) in [6.45, 7) is 0.234. The van der Waals surface area contributed by atoms with E-state index in [2.05, 4.69) is 0 Å². The molecule has 1 heterocycles. The predicted octanol–water partition coefficient (Wildman–Crippen LogP) is 5.73. The highest BCUT2D eigenvalue weighted by Crippen LogP contribution is 2.38. The molecule has 34 heavy (non-hydrogen) atoms. The van der Waals surface area contributed by atoms with Gasteiger partial charge in [-0.3, -0.25) is 19.8 Å². The summed E-state index contributed by atoms with van der Waals surface area (Å²) in [5.74, 6) is 0.269. The monoisotopic (exact) mass is 496 g/mol. The Morgan fingerprint density at radius 1 is 1.12 bits per heavy atom. The van der Waals surface area contributed by atoms with Gasteiger partial charge in [-0.05, 0) is 47.5 Å². The number of benzene rings is 3. The van der Waals surface area contributed by atoms with Crippen LogP contribution in [0.15, 0.2) is 71.6 Å². The Morgan fingerprint density at radius 2 is 1.88 bits per heavy atom. The van der Waals surface area contributed by atoms with Gasteiger partial charge in [-0.15, -0.1) is 0 Å². The van der Waals surface area contributed by atoms with Gasteiger partial charge in [0.15, 0.2) is 15.8 Å². The van der Waals surface area contributed by atoms with Crippen LogP contribution in [0.25, 0.3) is 6.08 Å². The van der Waals surface area contributed by atoms with Crippen molar-refractivity contribution in [1.82, 2.24) is 0 Å². The number of hydrogen-bond donors (Lipinski definition) is 0. The summed E-state index contributed by atoms with van der Waals surface area (Å²) in [5.41, 5.74) is 1.70. The standard InChI is InChI=1S/C24H17FN2O5S2/c1-31-21-11-16(7-10-20(21)32-14-15-5-8-17(25)9-6-15)12-22-23(28)26(24(33)34-22)18-3-2-4-19(13-18)27(29)30/h2-13H,14H2,1H3/b22-12+. The lowest BCUT2D eigenvalue weighted by atomic mass is 10.1. The molecular weight excluding hydrogens is 479 g/mol. The van der Waals surface area contributed by atoms with Crippen molar-refractivity contribution in [2.45, 2.75) is 6.61 Å². The number of halogens is 1. The van der Waals surface area contributed by atoms with Crippen LogP contribution in [-0.2, 0) is 11.4 Å². The maximum atomic E-state index is 13.1. The molecule has 1 amide bonds.